The molecule has 0 saturated heterocycles. The number of sulfonamides is 1. The molecule has 0 unspecified atom stereocenters. The van der Waals surface area contributed by atoms with Gasteiger partial charge in [-0.3, -0.25) is 10.1 Å². The van der Waals surface area contributed by atoms with Crippen LogP contribution in [0.2, 0.25) is 0 Å². The highest BCUT2D eigenvalue weighted by Gasteiger charge is 2.31. The van der Waals surface area contributed by atoms with E-state index < -0.39 is 14.9 Å². The molecule has 0 bridgehead atoms. The van der Waals surface area contributed by atoms with Crippen LogP contribution < -0.4 is 9.62 Å². The third kappa shape index (κ3) is 2.47. The first-order chi connectivity index (χ1) is 12.0. The molecule has 25 heavy (non-hydrogen) atoms. The van der Waals surface area contributed by atoms with Gasteiger partial charge in [0.05, 0.1) is 21.2 Å². The van der Waals surface area contributed by atoms with Crippen molar-refractivity contribution in [3.63, 3.8) is 0 Å². The summed E-state index contributed by atoms with van der Waals surface area (Å²) in [6, 6.07) is 16.6. The standard InChI is InChI=1S/C17H13N3O4S/c21-20(22)14-6-8-17-16(10-14)18-11-19(17)25(23,24)15-7-5-12-3-1-2-4-13(12)9-15/h1-10,18H,11H2. The molecule has 8 heteroatoms. The number of nitro benzene ring substituents is 1. The Morgan fingerprint density at radius 3 is 2.52 bits per heavy atom. The van der Waals surface area contributed by atoms with Crippen molar-refractivity contribution in [2.75, 3.05) is 16.3 Å². The van der Waals surface area contributed by atoms with Crippen molar-refractivity contribution in [1.82, 2.24) is 0 Å². The molecule has 1 heterocycles. The highest BCUT2D eigenvalue weighted by Crippen LogP contribution is 2.37. The number of anilines is 2. The number of rotatable bonds is 3. The predicted molar refractivity (Wildman–Crippen MR) is 95.2 cm³/mol. The maximum atomic E-state index is 13.0. The smallest absolute Gasteiger partial charge is 0.271 e. The third-order valence-corrected chi connectivity index (χ3v) is 5.94. The molecule has 0 saturated carbocycles. The van der Waals surface area contributed by atoms with Crippen molar-refractivity contribution in [2.45, 2.75) is 4.90 Å². The summed E-state index contributed by atoms with van der Waals surface area (Å²) in [6.07, 6.45) is 0. The van der Waals surface area contributed by atoms with Gasteiger partial charge in [0.2, 0.25) is 0 Å². The number of hydrogen-bond acceptors (Lipinski definition) is 5. The number of non-ortho nitro benzene ring substituents is 1. The first-order valence-corrected chi connectivity index (χ1v) is 8.95. The second-order valence-electron chi connectivity index (χ2n) is 5.66. The van der Waals surface area contributed by atoms with Gasteiger partial charge in [-0.2, -0.15) is 0 Å². The zero-order valence-corrected chi connectivity index (χ0v) is 13.7. The summed E-state index contributed by atoms with van der Waals surface area (Å²) in [5.74, 6) is 0. The van der Waals surface area contributed by atoms with E-state index in [1.165, 1.54) is 22.5 Å². The Morgan fingerprint density at radius 2 is 1.76 bits per heavy atom. The quantitative estimate of drug-likeness (QED) is 0.575. The van der Waals surface area contributed by atoms with Crippen LogP contribution in [0.1, 0.15) is 0 Å². The van der Waals surface area contributed by atoms with Crippen molar-refractivity contribution in [2.24, 2.45) is 0 Å². The van der Waals surface area contributed by atoms with Crippen LogP contribution >= 0.6 is 0 Å². The number of nitrogens with zero attached hydrogens (tertiary/aromatic N) is 2. The molecule has 0 radical (unpaired) electrons. The van der Waals surface area contributed by atoms with Crippen molar-refractivity contribution in [3.8, 4) is 0 Å². The van der Waals surface area contributed by atoms with E-state index in [1.807, 2.05) is 24.3 Å². The second kappa shape index (κ2) is 5.45. The highest BCUT2D eigenvalue weighted by molar-refractivity contribution is 7.92. The van der Waals surface area contributed by atoms with Crippen LogP contribution in [0.15, 0.2) is 65.6 Å². The molecule has 1 N–H and O–H groups in total. The summed E-state index contributed by atoms with van der Waals surface area (Å²) >= 11 is 0. The molecular formula is C17H13N3O4S. The Labute approximate surface area is 143 Å². The topological polar surface area (TPSA) is 92.6 Å². The van der Waals surface area contributed by atoms with Gasteiger partial charge < -0.3 is 5.32 Å². The Balaban J connectivity index is 1.78. The molecule has 1 aliphatic rings. The first kappa shape index (κ1) is 15.4. The molecular weight excluding hydrogens is 342 g/mol. The monoisotopic (exact) mass is 355 g/mol. The van der Waals surface area contributed by atoms with Gasteiger partial charge in [0.1, 0.15) is 6.67 Å². The highest BCUT2D eigenvalue weighted by atomic mass is 32.2. The zero-order valence-electron chi connectivity index (χ0n) is 12.9. The summed E-state index contributed by atoms with van der Waals surface area (Å²) in [7, 11) is -3.78. The summed E-state index contributed by atoms with van der Waals surface area (Å²) in [5.41, 5.74) is 0.744. The van der Waals surface area contributed by atoms with Crippen LogP contribution in [0.25, 0.3) is 10.8 Å². The molecule has 0 amide bonds. The van der Waals surface area contributed by atoms with Crippen LogP contribution in [0, 0.1) is 10.1 Å². The van der Waals surface area contributed by atoms with E-state index in [9.17, 15) is 18.5 Å². The van der Waals surface area contributed by atoms with Gasteiger partial charge in [0.15, 0.2) is 0 Å². The Bertz CT molecular complexity index is 1110. The van der Waals surface area contributed by atoms with Gasteiger partial charge in [0.25, 0.3) is 15.7 Å². The molecule has 3 aromatic rings. The van der Waals surface area contributed by atoms with Crippen molar-refractivity contribution < 1.29 is 13.3 Å². The average molecular weight is 355 g/mol. The molecule has 0 aliphatic carbocycles. The largest absolute Gasteiger partial charge is 0.365 e. The first-order valence-electron chi connectivity index (χ1n) is 7.51. The van der Waals surface area contributed by atoms with Gasteiger partial charge in [-0.15, -0.1) is 0 Å². The Kier molecular flexibility index (Phi) is 3.36. The summed E-state index contributed by atoms with van der Waals surface area (Å²) in [6.45, 7) is 0.0334. The van der Waals surface area contributed by atoms with Crippen molar-refractivity contribution in [1.29, 1.82) is 0 Å². The summed E-state index contributed by atoms with van der Waals surface area (Å²) in [4.78, 5) is 10.5. The van der Waals surface area contributed by atoms with Gasteiger partial charge in [-0.05, 0) is 29.0 Å². The van der Waals surface area contributed by atoms with E-state index in [0.717, 1.165) is 10.8 Å². The second-order valence-corrected chi connectivity index (χ2v) is 7.52. The van der Waals surface area contributed by atoms with Gasteiger partial charge in [0, 0.05) is 12.1 Å². The fraction of sp³-hybridized carbons (Fsp3) is 0.0588. The third-order valence-electron chi connectivity index (χ3n) is 4.18. The molecule has 7 nitrogen and oxygen atoms in total. The molecule has 0 fully saturated rings. The minimum Gasteiger partial charge on any atom is -0.365 e. The molecule has 0 spiro atoms. The van der Waals surface area contributed by atoms with Crippen LogP contribution in [0.5, 0.6) is 0 Å². The van der Waals surface area contributed by atoms with Crippen LogP contribution in [0.3, 0.4) is 0 Å². The maximum Gasteiger partial charge on any atom is 0.271 e. The number of fused-ring (bicyclic) bond motifs is 2. The molecule has 3 aromatic carbocycles. The van der Waals surface area contributed by atoms with Crippen LogP contribution in [-0.2, 0) is 10.0 Å². The SMILES string of the molecule is O=[N+]([O-])c1ccc2c(c1)NCN2S(=O)(=O)c1ccc2ccccc2c1. The summed E-state index contributed by atoms with van der Waals surface area (Å²) < 4.78 is 27.2. The van der Waals surface area contributed by atoms with Gasteiger partial charge in [-0.1, -0.05) is 30.3 Å². The normalized spacial score (nSPS) is 13.5. The Hall–Kier alpha value is -3.13. The Morgan fingerprint density at radius 1 is 1.00 bits per heavy atom. The number of benzene rings is 3. The minimum absolute atomic E-state index is 0.0334. The number of nitro groups is 1. The van der Waals surface area contributed by atoms with E-state index in [1.54, 1.807) is 18.2 Å². The number of nitrogens with one attached hydrogen (secondary N) is 1. The van der Waals surface area contributed by atoms with E-state index in [-0.39, 0.29) is 17.3 Å². The van der Waals surface area contributed by atoms with E-state index in [4.69, 9.17) is 0 Å². The summed E-state index contributed by atoms with van der Waals surface area (Å²) in [5, 5.41) is 15.6. The number of hydrogen-bond donors (Lipinski definition) is 1. The van der Waals surface area contributed by atoms with Crippen molar-refractivity contribution >= 4 is 37.9 Å². The molecule has 0 atom stereocenters. The lowest BCUT2D eigenvalue weighted by molar-refractivity contribution is -0.384. The lowest BCUT2D eigenvalue weighted by atomic mass is 10.1. The average Bonchev–Trinajstić information content (AvgIpc) is 3.05. The zero-order chi connectivity index (χ0) is 17.6. The van der Waals surface area contributed by atoms with Gasteiger partial charge in [-0.25, -0.2) is 12.7 Å². The predicted octanol–water partition coefficient (Wildman–Crippen LogP) is 3.33. The van der Waals surface area contributed by atoms with E-state index >= 15 is 0 Å². The van der Waals surface area contributed by atoms with Gasteiger partial charge >= 0.3 is 0 Å². The van der Waals surface area contributed by atoms with Crippen LogP contribution in [0.4, 0.5) is 17.1 Å². The molecule has 126 valence electrons. The van der Waals surface area contributed by atoms with E-state index in [0.29, 0.717) is 11.4 Å². The molecule has 4 rings (SSSR count). The van der Waals surface area contributed by atoms with Crippen LogP contribution in [-0.4, -0.2) is 20.0 Å². The lowest BCUT2D eigenvalue weighted by Crippen LogP contribution is -2.30. The fourth-order valence-corrected chi connectivity index (χ4v) is 4.33. The molecule has 1 aliphatic heterocycles. The minimum atomic E-state index is -3.78. The fourth-order valence-electron chi connectivity index (χ4n) is 2.91. The molecule has 0 aromatic heterocycles. The maximum absolute atomic E-state index is 13.0. The lowest BCUT2D eigenvalue weighted by Gasteiger charge is -2.18. The van der Waals surface area contributed by atoms with Crippen molar-refractivity contribution in [3.05, 3.63) is 70.8 Å². The van der Waals surface area contributed by atoms with E-state index in [2.05, 4.69) is 5.32 Å².